The van der Waals surface area contributed by atoms with Crippen molar-refractivity contribution < 1.29 is 5.11 Å². The minimum atomic E-state index is 0. The van der Waals surface area contributed by atoms with Gasteiger partial charge in [0.15, 0.2) is 0 Å². The van der Waals surface area contributed by atoms with Gasteiger partial charge in [0.1, 0.15) is 5.75 Å². The quantitative estimate of drug-likeness (QED) is 0.791. The molecule has 1 radical (unpaired) electrons. The van der Waals surface area contributed by atoms with Gasteiger partial charge in [-0.15, -0.1) is 0 Å². The maximum Gasteiger partial charge on any atom is 0.119 e. The fourth-order valence-electron chi connectivity index (χ4n) is 1.97. The first-order chi connectivity index (χ1) is 6.47. The summed E-state index contributed by atoms with van der Waals surface area (Å²) in [6.45, 7) is 8.53. The van der Waals surface area contributed by atoms with E-state index in [1.165, 1.54) is 0 Å². The number of benzene rings is 1. The average Bonchev–Trinajstić information content (AvgIpc) is 2.02. The number of rotatable bonds is 3. The van der Waals surface area contributed by atoms with E-state index in [9.17, 15) is 5.11 Å². The molecule has 1 N–H and O–H groups in total. The molecule has 0 fully saturated rings. The Morgan fingerprint density at radius 1 is 1.27 bits per heavy atom. The third-order valence-corrected chi connectivity index (χ3v) is 2.76. The molecule has 0 bridgehead atoms. The van der Waals surface area contributed by atoms with E-state index in [0.717, 1.165) is 24.0 Å². The molecule has 2 heteroatoms. The Morgan fingerprint density at radius 2 is 1.87 bits per heavy atom. The summed E-state index contributed by atoms with van der Waals surface area (Å²) in [5.74, 6) is 0.434. The molecule has 1 rings (SSSR count). The summed E-state index contributed by atoms with van der Waals surface area (Å²) in [4.78, 5) is 0. The molecule has 0 aliphatic carbocycles. The summed E-state index contributed by atoms with van der Waals surface area (Å²) in [5, 5.41) is 9.85. The molecule has 0 aliphatic rings. The minimum Gasteiger partial charge on any atom is -0.508 e. The number of aryl methyl sites for hydroxylation is 1. The topological polar surface area (TPSA) is 20.2 Å². The molecule has 0 aliphatic heterocycles. The van der Waals surface area contributed by atoms with Crippen molar-refractivity contribution in [2.45, 2.75) is 46.0 Å². The van der Waals surface area contributed by atoms with E-state index in [1.807, 2.05) is 19.1 Å². The van der Waals surface area contributed by atoms with Crippen molar-refractivity contribution in [3.05, 3.63) is 29.3 Å². The van der Waals surface area contributed by atoms with Crippen LogP contribution >= 0.6 is 0 Å². The van der Waals surface area contributed by atoms with Gasteiger partial charge in [-0.05, 0) is 36.0 Å². The van der Waals surface area contributed by atoms with Gasteiger partial charge in [0.25, 0.3) is 0 Å². The predicted octanol–water partition coefficient (Wildman–Crippen LogP) is 3.40. The van der Waals surface area contributed by atoms with Gasteiger partial charge in [0.2, 0.25) is 0 Å². The first-order valence-electron chi connectivity index (χ1n) is 5.27. The van der Waals surface area contributed by atoms with Crippen LogP contribution in [0.3, 0.4) is 0 Å². The second-order valence-corrected chi connectivity index (χ2v) is 4.65. The van der Waals surface area contributed by atoms with Gasteiger partial charge in [-0.2, -0.15) is 0 Å². The zero-order valence-electron chi connectivity index (χ0n) is 10.6. The van der Waals surface area contributed by atoms with Gasteiger partial charge in [0, 0.05) is 51.4 Å². The third-order valence-electron chi connectivity index (χ3n) is 2.76. The van der Waals surface area contributed by atoms with Crippen LogP contribution in [0.5, 0.6) is 5.75 Å². The number of hydrogen-bond donors (Lipinski definition) is 1. The first-order valence-corrected chi connectivity index (χ1v) is 5.27. The van der Waals surface area contributed by atoms with E-state index in [4.69, 9.17) is 0 Å². The molecule has 0 atom stereocenters. The largest absolute Gasteiger partial charge is 0.508 e. The van der Waals surface area contributed by atoms with Crippen LogP contribution in [0.1, 0.15) is 44.7 Å². The maximum absolute atomic E-state index is 9.85. The van der Waals surface area contributed by atoms with E-state index >= 15 is 0 Å². The Hall–Kier alpha value is 0.656. The molecule has 0 amide bonds. The zero-order chi connectivity index (χ0) is 10.8. The molecule has 0 aromatic heterocycles. The summed E-state index contributed by atoms with van der Waals surface area (Å²) in [7, 11) is 0. The van der Waals surface area contributed by atoms with Gasteiger partial charge in [-0.3, -0.25) is 0 Å². The number of phenolic OH excluding ortho intramolecular Hbond substituents is 1. The summed E-state index contributed by atoms with van der Waals surface area (Å²) >= 11 is 0. The SMILES string of the molecule is CCCC(C)(C)c1ccc(C)cc1O.[K]. The molecule has 79 valence electrons. The molecular formula is C13H20KO. The fourth-order valence-corrected chi connectivity index (χ4v) is 1.97. The van der Waals surface area contributed by atoms with Crippen molar-refractivity contribution in [1.82, 2.24) is 0 Å². The molecule has 1 nitrogen and oxygen atoms in total. The Balaban J connectivity index is 0.00000196. The van der Waals surface area contributed by atoms with Crippen LogP contribution in [0.15, 0.2) is 18.2 Å². The van der Waals surface area contributed by atoms with Gasteiger partial charge < -0.3 is 5.11 Å². The third kappa shape index (κ3) is 4.20. The van der Waals surface area contributed by atoms with Gasteiger partial charge in [0.05, 0.1) is 0 Å². The minimum absolute atomic E-state index is 0. The van der Waals surface area contributed by atoms with Crippen molar-refractivity contribution >= 4 is 51.4 Å². The van der Waals surface area contributed by atoms with Crippen LogP contribution in [0.4, 0.5) is 0 Å². The Bertz CT molecular complexity index is 318. The molecule has 0 saturated heterocycles. The average molecular weight is 231 g/mol. The van der Waals surface area contributed by atoms with Crippen molar-refractivity contribution in [2.75, 3.05) is 0 Å². The van der Waals surface area contributed by atoms with Crippen molar-refractivity contribution in [2.24, 2.45) is 0 Å². The summed E-state index contributed by atoms with van der Waals surface area (Å²) < 4.78 is 0. The monoisotopic (exact) mass is 231 g/mol. The van der Waals surface area contributed by atoms with Gasteiger partial charge in [-0.1, -0.05) is 39.3 Å². The molecule has 1 aromatic carbocycles. The van der Waals surface area contributed by atoms with Crippen molar-refractivity contribution in [3.8, 4) is 5.75 Å². The number of hydrogen-bond acceptors (Lipinski definition) is 1. The van der Waals surface area contributed by atoms with E-state index in [-0.39, 0.29) is 56.8 Å². The van der Waals surface area contributed by atoms with Crippen LogP contribution < -0.4 is 0 Å². The summed E-state index contributed by atoms with van der Waals surface area (Å²) in [5.41, 5.74) is 2.25. The fraction of sp³-hybridized carbons (Fsp3) is 0.538. The van der Waals surface area contributed by atoms with E-state index in [2.05, 4.69) is 26.8 Å². The second kappa shape index (κ2) is 6.41. The van der Waals surface area contributed by atoms with Crippen molar-refractivity contribution in [3.63, 3.8) is 0 Å². The smallest absolute Gasteiger partial charge is 0.119 e. The standard InChI is InChI=1S/C13H20O.K/c1-5-8-13(3,4)11-7-6-10(2)9-12(11)14;/h6-7,9,14H,5,8H2,1-4H3;. The normalized spacial score (nSPS) is 10.9. The zero-order valence-corrected chi connectivity index (χ0v) is 13.7. The van der Waals surface area contributed by atoms with E-state index in [0.29, 0.717) is 5.75 Å². The molecule has 15 heavy (non-hydrogen) atoms. The summed E-state index contributed by atoms with van der Waals surface area (Å²) in [6.07, 6.45) is 2.24. The van der Waals surface area contributed by atoms with E-state index in [1.54, 1.807) is 0 Å². The van der Waals surface area contributed by atoms with Crippen LogP contribution in [-0.4, -0.2) is 56.5 Å². The number of phenols is 1. The second-order valence-electron chi connectivity index (χ2n) is 4.65. The molecular weight excluding hydrogens is 211 g/mol. The Morgan fingerprint density at radius 3 is 2.33 bits per heavy atom. The van der Waals surface area contributed by atoms with Crippen LogP contribution in [0.2, 0.25) is 0 Å². The molecule has 1 aromatic rings. The predicted molar refractivity (Wildman–Crippen MR) is 66.5 cm³/mol. The van der Waals surface area contributed by atoms with Crippen LogP contribution in [0, 0.1) is 6.92 Å². The Labute approximate surface area is 136 Å². The Kier molecular flexibility index (Phi) is 6.69. The summed E-state index contributed by atoms with van der Waals surface area (Å²) in [6, 6.07) is 5.94. The van der Waals surface area contributed by atoms with E-state index < -0.39 is 0 Å². The number of aromatic hydroxyl groups is 1. The molecule has 0 spiro atoms. The molecule has 0 saturated carbocycles. The van der Waals surface area contributed by atoms with Crippen molar-refractivity contribution in [1.29, 1.82) is 0 Å². The van der Waals surface area contributed by atoms with Crippen LogP contribution in [-0.2, 0) is 5.41 Å². The van der Waals surface area contributed by atoms with Gasteiger partial charge >= 0.3 is 0 Å². The molecule has 0 heterocycles. The first kappa shape index (κ1) is 15.7. The van der Waals surface area contributed by atoms with Crippen LogP contribution in [0.25, 0.3) is 0 Å². The maximum atomic E-state index is 9.85. The molecule has 0 unspecified atom stereocenters. The van der Waals surface area contributed by atoms with Gasteiger partial charge in [-0.25, -0.2) is 0 Å².